The normalized spacial score (nSPS) is 19.3. The van der Waals surface area contributed by atoms with E-state index in [1.165, 1.54) is 13.3 Å². The highest BCUT2D eigenvalue weighted by molar-refractivity contribution is 6.35. The predicted molar refractivity (Wildman–Crippen MR) is 123 cm³/mol. The second kappa shape index (κ2) is 8.07. The smallest absolute Gasteiger partial charge is 0.341 e. The molecule has 3 N–H and O–H groups in total. The van der Waals surface area contributed by atoms with Crippen LogP contribution in [-0.2, 0) is 0 Å². The summed E-state index contributed by atoms with van der Waals surface area (Å²) >= 11 is 6.69. The number of benzene rings is 1. The van der Waals surface area contributed by atoms with E-state index in [0.29, 0.717) is 46.7 Å². The number of oxazole rings is 1. The Labute approximate surface area is 194 Å². The van der Waals surface area contributed by atoms with Gasteiger partial charge in [0, 0.05) is 31.2 Å². The third kappa shape index (κ3) is 3.65. The number of methoxy groups -OCH3 is 1. The number of rotatable bonds is 6. The molecule has 1 saturated heterocycles. The minimum Gasteiger partial charge on any atom is -0.492 e. The summed E-state index contributed by atoms with van der Waals surface area (Å²) < 4.78 is 13.3. The number of carboxylic acid groups (broad SMARTS) is 1. The van der Waals surface area contributed by atoms with Gasteiger partial charge in [0.25, 0.3) is 0 Å². The zero-order valence-electron chi connectivity index (χ0n) is 18.4. The number of carbonyl (C=O) groups is 1. The van der Waals surface area contributed by atoms with E-state index >= 15 is 0 Å². The maximum absolute atomic E-state index is 13.0. The third-order valence-corrected chi connectivity index (χ3v) is 6.83. The molecular weight excluding hydrogens is 448 g/mol. The first-order valence-corrected chi connectivity index (χ1v) is 11.3. The van der Waals surface area contributed by atoms with E-state index in [0.717, 1.165) is 19.3 Å². The van der Waals surface area contributed by atoms with Gasteiger partial charge in [-0.25, -0.2) is 9.78 Å². The summed E-state index contributed by atoms with van der Waals surface area (Å²) in [5.74, 6) is 0.542. The zero-order valence-corrected chi connectivity index (χ0v) is 19.1. The molecule has 2 atom stereocenters. The van der Waals surface area contributed by atoms with Gasteiger partial charge in [-0.1, -0.05) is 11.6 Å². The highest BCUT2D eigenvalue weighted by Gasteiger charge is 2.35. The molecule has 33 heavy (non-hydrogen) atoms. The van der Waals surface area contributed by atoms with Gasteiger partial charge < -0.3 is 29.5 Å². The number of aromatic nitrogens is 2. The molecule has 3 heterocycles. The van der Waals surface area contributed by atoms with Crippen molar-refractivity contribution < 1.29 is 19.1 Å². The van der Waals surface area contributed by atoms with Gasteiger partial charge in [-0.05, 0) is 32.3 Å². The number of nitrogens with two attached hydrogens (primary N) is 1. The molecule has 2 fully saturated rings. The van der Waals surface area contributed by atoms with Crippen molar-refractivity contribution in [1.82, 2.24) is 9.55 Å². The van der Waals surface area contributed by atoms with Crippen molar-refractivity contribution in [3.63, 3.8) is 0 Å². The fraction of sp³-hybridized carbons (Fsp3) is 0.435. The summed E-state index contributed by atoms with van der Waals surface area (Å²) in [4.78, 5) is 31.0. The van der Waals surface area contributed by atoms with Gasteiger partial charge in [-0.15, -0.1) is 0 Å². The molecule has 1 saturated carbocycles. The quantitative estimate of drug-likeness (QED) is 0.558. The van der Waals surface area contributed by atoms with E-state index in [-0.39, 0.29) is 29.0 Å². The number of pyridine rings is 1. The fourth-order valence-electron chi connectivity index (χ4n) is 4.74. The summed E-state index contributed by atoms with van der Waals surface area (Å²) in [7, 11) is 1.54. The SMILES string of the molecule is COc1c(N2CCC(C(N)c3ncc(C)o3)C2)c(Cl)cc2c(=O)c(C(=O)O)cn(C3CC3)c12. The van der Waals surface area contributed by atoms with Crippen LogP contribution in [0.25, 0.3) is 10.9 Å². The molecule has 3 aromatic rings. The largest absolute Gasteiger partial charge is 0.492 e. The van der Waals surface area contributed by atoms with Crippen LogP contribution < -0.4 is 20.8 Å². The highest BCUT2D eigenvalue weighted by atomic mass is 35.5. The molecule has 2 aromatic heterocycles. The monoisotopic (exact) mass is 472 g/mol. The van der Waals surface area contributed by atoms with Crippen molar-refractivity contribution >= 4 is 34.2 Å². The average Bonchev–Trinajstić information content (AvgIpc) is 3.35. The second-order valence-electron chi connectivity index (χ2n) is 8.78. The number of carboxylic acids is 1. The van der Waals surface area contributed by atoms with E-state index in [1.807, 2.05) is 11.5 Å². The molecule has 1 aliphatic carbocycles. The van der Waals surface area contributed by atoms with E-state index in [2.05, 4.69) is 9.88 Å². The molecule has 0 bridgehead atoms. The summed E-state index contributed by atoms with van der Waals surface area (Å²) in [6, 6.07) is 1.34. The molecule has 2 unspecified atom stereocenters. The van der Waals surface area contributed by atoms with Crippen LogP contribution in [0.15, 0.2) is 27.7 Å². The van der Waals surface area contributed by atoms with E-state index in [9.17, 15) is 14.7 Å². The van der Waals surface area contributed by atoms with Crippen LogP contribution in [-0.4, -0.2) is 40.8 Å². The number of hydrogen-bond acceptors (Lipinski definition) is 7. The molecule has 0 amide bonds. The van der Waals surface area contributed by atoms with Crippen LogP contribution >= 0.6 is 11.6 Å². The molecule has 2 aliphatic rings. The first-order valence-electron chi connectivity index (χ1n) is 10.9. The Kier molecular flexibility index (Phi) is 5.33. The van der Waals surface area contributed by atoms with Gasteiger partial charge in [0.05, 0.1) is 35.3 Å². The third-order valence-electron chi connectivity index (χ3n) is 6.55. The van der Waals surface area contributed by atoms with Gasteiger partial charge >= 0.3 is 5.97 Å². The van der Waals surface area contributed by atoms with Crippen molar-refractivity contribution in [2.45, 2.75) is 38.3 Å². The molecule has 0 spiro atoms. The van der Waals surface area contributed by atoms with Crippen LogP contribution in [0.4, 0.5) is 5.69 Å². The van der Waals surface area contributed by atoms with E-state index in [1.54, 1.807) is 12.3 Å². The first kappa shape index (κ1) is 21.8. The van der Waals surface area contributed by atoms with Gasteiger partial charge in [0.1, 0.15) is 17.0 Å². The topological polar surface area (TPSA) is 124 Å². The van der Waals surface area contributed by atoms with Crippen molar-refractivity contribution in [2.24, 2.45) is 11.7 Å². The van der Waals surface area contributed by atoms with E-state index < -0.39 is 11.4 Å². The fourth-order valence-corrected chi connectivity index (χ4v) is 5.05. The molecule has 9 nitrogen and oxygen atoms in total. The molecule has 10 heteroatoms. The maximum Gasteiger partial charge on any atom is 0.341 e. The summed E-state index contributed by atoms with van der Waals surface area (Å²) in [6.07, 6.45) is 5.72. The van der Waals surface area contributed by atoms with Gasteiger partial charge in [-0.2, -0.15) is 0 Å². The first-order chi connectivity index (χ1) is 15.8. The Hall–Kier alpha value is -3.04. The lowest BCUT2D eigenvalue weighted by molar-refractivity contribution is 0.0695. The highest BCUT2D eigenvalue weighted by Crippen LogP contribution is 2.47. The number of hydrogen-bond donors (Lipinski definition) is 2. The summed E-state index contributed by atoms with van der Waals surface area (Å²) in [6.45, 7) is 3.14. The maximum atomic E-state index is 13.0. The second-order valence-corrected chi connectivity index (χ2v) is 9.19. The standard InChI is InChI=1S/C23H25ClN4O5/c1-11-8-26-22(33-11)17(25)12-5-6-27(9-12)19-16(24)7-14-18(21(19)32-2)28(13-3-4-13)10-15(20(14)29)23(30)31/h7-8,10,12-13,17H,3-6,9,25H2,1-2H3,(H,30,31). The van der Waals surface area contributed by atoms with Crippen molar-refractivity contribution in [1.29, 1.82) is 0 Å². The average molecular weight is 473 g/mol. The number of ether oxygens (including phenoxy) is 1. The van der Waals surface area contributed by atoms with Crippen molar-refractivity contribution in [3.8, 4) is 5.75 Å². The van der Waals surface area contributed by atoms with Crippen LogP contribution in [0.2, 0.25) is 5.02 Å². The molecular formula is C23H25ClN4O5. The van der Waals surface area contributed by atoms with Gasteiger partial charge in [0.15, 0.2) is 5.75 Å². The number of aryl methyl sites for hydroxylation is 1. The summed E-state index contributed by atoms with van der Waals surface area (Å²) in [5.41, 5.74) is 6.86. The number of halogens is 1. The lowest BCUT2D eigenvalue weighted by Crippen LogP contribution is -2.27. The van der Waals surface area contributed by atoms with E-state index in [4.69, 9.17) is 26.5 Å². The molecule has 1 aromatic carbocycles. The minimum absolute atomic E-state index is 0.0968. The Morgan fingerprint density at radius 1 is 1.39 bits per heavy atom. The lowest BCUT2D eigenvalue weighted by atomic mass is 10.00. The Morgan fingerprint density at radius 3 is 2.76 bits per heavy atom. The van der Waals surface area contributed by atoms with Gasteiger partial charge in [-0.3, -0.25) is 4.79 Å². The molecule has 174 valence electrons. The molecule has 0 radical (unpaired) electrons. The number of nitrogens with zero attached hydrogens (tertiary/aromatic N) is 3. The van der Waals surface area contributed by atoms with Crippen LogP contribution in [0, 0.1) is 12.8 Å². The van der Waals surface area contributed by atoms with Crippen LogP contribution in [0.3, 0.4) is 0 Å². The minimum atomic E-state index is -1.26. The number of aromatic carboxylic acids is 1. The Balaban J connectivity index is 1.60. The van der Waals surface area contributed by atoms with Crippen molar-refractivity contribution in [3.05, 3.63) is 50.9 Å². The van der Waals surface area contributed by atoms with Crippen molar-refractivity contribution in [2.75, 3.05) is 25.1 Å². The van der Waals surface area contributed by atoms with Crippen LogP contribution in [0.1, 0.15) is 53.4 Å². The Morgan fingerprint density at radius 2 is 2.15 bits per heavy atom. The lowest BCUT2D eigenvalue weighted by Gasteiger charge is -2.26. The zero-order chi connectivity index (χ0) is 23.4. The summed E-state index contributed by atoms with van der Waals surface area (Å²) in [5, 5.41) is 10.1. The Bertz CT molecular complexity index is 1310. The predicted octanol–water partition coefficient (Wildman–Crippen LogP) is 3.52. The molecule has 1 aliphatic heterocycles. The number of fused-ring (bicyclic) bond motifs is 1. The molecule has 5 rings (SSSR count). The number of anilines is 1. The van der Waals surface area contributed by atoms with Crippen LogP contribution in [0.5, 0.6) is 5.75 Å². The van der Waals surface area contributed by atoms with Gasteiger partial charge in [0.2, 0.25) is 11.3 Å².